The number of likely N-dealkylation sites (tertiary alicyclic amines) is 1. The summed E-state index contributed by atoms with van der Waals surface area (Å²) >= 11 is 0. The van der Waals surface area contributed by atoms with E-state index in [2.05, 4.69) is 0 Å². The number of benzene rings is 1. The molecule has 0 radical (unpaired) electrons. The van der Waals surface area contributed by atoms with Crippen molar-refractivity contribution in [2.45, 2.75) is 25.0 Å². The zero-order chi connectivity index (χ0) is 16.8. The smallest absolute Gasteiger partial charge is 0.240 e. The molecule has 0 aliphatic carbocycles. The topological polar surface area (TPSA) is 68.0 Å². The Hall–Kier alpha value is -1.63. The molecule has 0 spiro atoms. The molecule has 128 valence electrons. The van der Waals surface area contributed by atoms with Crippen LogP contribution in [0.25, 0.3) is 0 Å². The monoisotopic (exact) mass is 321 g/mol. The highest BCUT2D eigenvalue weighted by Gasteiger charge is 2.35. The molecule has 1 fully saturated rings. The van der Waals surface area contributed by atoms with Gasteiger partial charge in [0.2, 0.25) is 5.91 Å². The van der Waals surface area contributed by atoms with Crippen LogP contribution in [0.5, 0.6) is 5.75 Å². The lowest BCUT2D eigenvalue weighted by atomic mass is 10.1. The second-order valence-corrected chi connectivity index (χ2v) is 6.06. The molecule has 2 atom stereocenters. The van der Waals surface area contributed by atoms with Gasteiger partial charge in [0.15, 0.2) is 0 Å². The van der Waals surface area contributed by atoms with Gasteiger partial charge in [-0.25, -0.2) is 0 Å². The lowest BCUT2D eigenvalue weighted by Crippen LogP contribution is -2.45. The average molecular weight is 321 g/mol. The predicted molar refractivity (Wildman–Crippen MR) is 89.3 cm³/mol. The van der Waals surface area contributed by atoms with E-state index in [1.54, 1.807) is 14.2 Å². The van der Waals surface area contributed by atoms with Gasteiger partial charge in [0, 0.05) is 32.8 Å². The van der Waals surface area contributed by atoms with Crippen LogP contribution in [0.2, 0.25) is 0 Å². The molecule has 1 saturated heterocycles. The molecular formula is C17H27N3O3. The van der Waals surface area contributed by atoms with E-state index in [-0.39, 0.29) is 18.0 Å². The zero-order valence-corrected chi connectivity index (χ0v) is 14.2. The second-order valence-electron chi connectivity index (χ2n) is 6.06. The van der Waals surface area contributed by atoms with Crippen LogP contribution in [0.3, 0.4) is 0 Å². The molecule has 1 aromatic rings. The maximum atomic E-state index is 12.9. The number of amides is 1. The average Bonchev–Trinajstić information content (AvgIpc) is 2.89. The Labute approximate surface area is 138 Å². The minimum atomic E-state index is -0.146. The number of hydrogen-bond donors (Lipinski definition) is 1. The molecule has 0 unspecified atom stereocenters. The number of methoxy groups -OCH3 is 2. The van der Waals surface area contributed by atoms with Gasteiger partial charge in [0.25, 0.3) is 0 Å². The summed E-state index contributed by atoms with van der Waals surface area (Å²) in [4.78, 5) is 16.8. The predicted octanol–water partition coefficient (Wildman–Crippen LogP) is 0.702. The molecule has 1 heterocycles. The highest BCUT2D eigenvalue weighted by molar-refractivity contribution is 5.82. The number of ether oxygens (including phenoxy) is 2. The van der Waals surface area contributed by atoms with E-state index in [1.807, 2.05) is 41.1 Å². The van der Waals surface area contributed by atoms with Crippen molar-refractivity contribution in [2.24, 2.45) is 5.73 Å². The number of carbonyl (C=O) groups is 1. The minimum Gasteiger partial charge on any atom is -0.497 e. The number of hydrogen-bond acceptors (Lipinski definition) is 5. The lowest BCUT2D eigenvalue weighted by molar-refractivity contribution is -0.136. The molecular weight excluding hydrogens is 294 g/mol. The third-order valence-electron chi connectivity index (χ3n) is 4.25. The first-order chi connectivity index (χ1) is 11.0. The van der Waals surface area contributed by atoms with Crippen molar-refractivity contribution in [3.05, 3.63) is 29.8 Å². The quantitative estimate of drug-likeness (QED) is 0.801. The van der Waals surface area contributed by atoms with Gasteiger partial charge in [-0.1, -0.05) is 12.1 Å². The Kier molecular flexibility index (Phi) is 6.38. The fourth-order valence-electron chi connectivity index (χ4n) is 3.00. The Morgan fingerprint density at radius 2 is 2.22 bits per heavy atom. The second kappa shape index (κ2) is 8.29. The first-order valence-corrected chi connectivity index (χ1v) is 7.91. The van der Waals surface area contributed by atoms with Gasteiger partial charge in [0.1, 0.15) is 5.75 Å². The first kappa shape index (κ1) is 17.7. The molecule has 0 saturated carbocycles. The molecule has 1 aliphatic heterocycles. The maximum Gasteiger partial charge on any atom is 0.240 e. The standard InChI is InChI=1S/C17H27N3O3/c1-19-12-14(18)10-16(19)17(21)20(7-8-22-2)11-13-5-4-6-15(9-13)23-3/h4-6,9,14,16H,7-8,10-12,18H2,1-3H3/t14-,16-/m0/s1. The summed E-state index contributed by atoms with van der Waals surface area (Å²) in [5, 5.41) is 0. The molecule has 2 N–H and O–H groups in total. The molecule has 6 nitrogen and oxygen atoms in total. The van der Waals surface area contributed by atoms with E-state index in [1.165, 1.54) is 0 Å². The van der Waals surface area contributed by atoms with E-state index in [4.69, 9.17) is 15.2 Å². The van der Waals surface area contributed by atoms with Crippen molar-refractivity contribution in [3.63, 3.8) is 0 Å². The van der Waals surface area contributed by atoms with Crippen LogP contribution in [0, 0.1) is 0 Å². The maximum absolute atomic E-state index is 12.9. The van der Waals surface area contributed by atoms with Gasteiger partial charge < -0.3 is 20.1 Å². The Morgan fingerprint density at radius 1 is 1.43 bits per heavy atom. The summed E-state index contributed by atoms with van der Waals surface area (Å²) in [6.07, 6.45) is 0.705. The Balaban J connectivity index is 2.10. The summed E-state index contributed by atoms with van der Waals surface area (Å²) in [6, 6.07) is 7.71. The molecule has 2 rings (SSSR count). The van der Waals surface area contributed by atoms with Gasteiger partial charge >= 0.3 is 0 Å². The van der Waals surface area contributed by atoms with Crippen LogP contribution in [0.1, 0.15) is 12.0 Å². The van der Waals surface area contributed by atoms with E-state index in [9.17, 15) is 4.79 Å². The Morgan fingerprint density at radius 3 is 2.83 bits per heavy atom. The highest BCUT2D eigenvalue weighted by Crippen LogP contribution is 2.19. The van der Waals surface area contributed by atoms with Crippen LogP contribution in [-0.4, -0.2) is 68.8 Å². The summed E-state index contributed by atoms with van der Waals surface area (Å²) in [5.41, 5.74) is 7.03. The van der Waals surface area contributed by atoms with Crippen molar-refractivity contribution in [2.75, 3.05) is 41.0 Å². The number of rotatable bonds is 7. The van der Waals surface area contributed by atoms with Crippen LogP contribution in [0.4, 0.5) is 0 Å². The van der Waals surface area contributed by atoms with E-state index in [0.717, 1.165) is 17.9 Å². The van der Waals surface area contributed by atoms with Crippen LogP contribution >= 0.6 is 0 Å². The van der Waals surface area contributed by atoms with E-state index >= 15 is 0 Å². The van der Waals surface area contributed by atoms with Crippen molar-refractivity contribution >= 4 is 5.91 Å². The normalized spacial score (nSPS) is 21.4. The summed E-state index contributed by atoms with van der Waals surface area (Å²) in [5.74, 6) is 0.905. The summed E-state index contributed by atoms with van der Waals surface area (Å²) in [7, 11) is 5.24. The largest absolute Gasteiger partial charge is 0.497 e. The summed E-state index contributed by atoms with van der Waals surface area (Å²) < 4.78 is 10.4. The van der Waals surface area contributed by atoms with Crippen LogP contribution < -0.4 is 10.5 Å². The van der Waals surface area contributed by atoms with Crippen LogP contribution in [0.15, 0.2) is 24.3 Å². The minimum absolute atomic E-state index is 0.0649. The molecule has 0 aromatic heterocycles. The third kappa shape index (κ3) is 4.67. The van der Waals surface area contributed by atoms with Crippen molar-refractivity contribution in [1.29, 1.82) is 0 Å². The number of nitrogens with zero attached hydrogens (tertiary/aromatic N) is 2. The van der Waals surface area contributed by atoms with Gasteiger partial charge in [-0.3, -0.25) is 9.69 Å². The van der Waals surface area contributed by atoms with Crippen LogP contribution in [-0.2, 0) is 16.1 Å². The van der Waals surface area contributed by atoms with Gasteiger partial charge in [-0.05, 0) is 31.2 Å². The molecule has 1 aliphatic rings. The van der Waals surface area contributed by atoms with Gasteiger partial charge in [0.05, 0.1) is 19.8 Å². The number of nitrogens with two attached hydrogens (primary N) is 1. The van der Waals surface area contributed by atoms with E-state index < -0.39 is 0 Å². The number of likely N-dealkylation sites (N-methyl/N-ethyl adjacent to an activating group) is 1. The molecule has 1 aromatic carbocycles. The SMILES string of the molecule is COCCN(Cc1cccc(OC)c1)C(=O)[C@@H]1C[C@H](N)CN1C. The van der Waals surface area contributed by atoms with E-state index in [0.29, 0.717) is 26.1 Å². The fourth-order valence-corrected chi connectivity index (χ4v) is 3.00. The van der Waals surface area contributed by atoms with Gasteiger partial charge in [-0.2, -0.15) is 0 Å². The summed E-state index contributed by atoms with van der Waals surface area (Å²) in [6.45, 7) is 2.37. The first-order valence-electron chi connectivity index (χ1n) is 7.91. The number of carbonyl (C=O) groups excluding carboxylic acids is 1. The molecule has 1 amide bonds. The zero-order valence-electron chi connectivity index (χ0n) is 14.2. The third-order valence-corrected chi connectivity index (χ3v) is 4.25. The molecule has 6 heteroatoms. The molecule has 0 bridgehead atoms. The fraction of sp³-hybridized carbons (Fsp3) is 0.588. The Bertz CT molecular complexity index is 524. The van der Waals surface area contributed by atoms with Gasteiger partial charge in [-0.15, -0.1) is 0 Å². The molecule has 23 heavy (non-hydrogen) atoms. The highest BCUT2D eigenvalue weighted by atomic mass is 16.5. The van der Waals surface area contributed by atoms with Crippen molar-refractivity contribution in [1.82, 2.24) is 9.80 Å². The van der Waals surface area contributed by atoms with Crippen molar-refractivity contribution in [3.8, 4) is 5.75 Å². The lowest BCUT2D eigenvalue weighted by Gasteiger charge is -2.28. The van der Waals surface area contributed by atoms with Crippen molar-refractivity contribution < 1.29 is 14.3 Å².